The molecule has 1 amide bonds. The standard InChI is InChI=1S/C16H13F2N3O/c17-10-6-4-9(5-7-10)13(19)8-14(20)15-11(16(21)22)2-1-3-12(15)18/h1-8,19H,20H2,(H2,21,22). The maximum atomic E-state index is 13.9. The van der Waals surface area contributed by atoms with Gasteiger partial charge in [0, 0.05) is 11.3 Å². The Morgan fingerprint density at radius 3 is 2.27 bits per heavy atom. The molecule has 2 rings (SSSR count). The van der Waals surface area contributed by atoms with Gasteiger partial charge in [-0.05, 0) is 48.0 Å². The second-order valence-electron chi connectivity index (χ2n) is 4.55. The maximum Gasteiger partial charge on any atom is 0.249 e. The molecule has 112 valence electrons. The van der Waals surface area contributed by atoms with Crippen LogP contribution in [-0.4, -0.2) is 11.6 Å². The van der Waals surface area contributed by atoms with Crippen molar-refractivity contribution in [1.29, 1.82) is 5.41 Å². The van der Waals surface area contributed by atoms with E-state index in [2.05, 4.69) is 0 Å². The quantitative estimate of drug-likeness (QED) is 0.757. The van der Waals surface area contributed by atoms with Crippen LogP contribution in [0.4, 0.5) is 8.78 Å². The molecule has 5 N–H and O–H groups in total. The molecule has 0 aliphatic carbocycles. The van der Waals surface area contributed by atoms with Crippen LogP contribution in [-0.2, 0) is 0 Å². The third kappa shape index (κ3) is 3.17. The summed E-state index contributed by atoms with van der Waals surface area (Å²) < 4.78 is 26.8. The highest BCUT2D eigenvalue weighted by Crippen LogP contribution is 2.20. The highest BCUT2D eigenvalue weighted by atomic mass is 19.1. The number of allylic oxidation sites excluding steroid dienone is 1. The van der Waals surface area contributed by atoms with E-state index in [0.29, 0.717) is 5.56 Å². The van der Waals surface area contributed by atoms with Gasteiger partial charge in [0.15, 0.2) is 0 Å². The highest BCUT2D eigenvalue weighted by Gasteiger charge is 2.15. The highest BCUT2D eigenvalue weighted by molar-refractivity contribution is 6.11. The molecule has 0 radical (unpaired) electrons. The SMILES string of the molecule is N=C(C=C(N)c1c(F)cccc1C(N)=O)c1ccc(F)cc1. The van der Waals surface area contributed by atoms with Crippen molar-refractivity contribution in [3.63, 3.8) is 0 Å². The lowest BCUT2D eigenvalue weighted by atomic mass is 10.0. The zero-order chi connectivity index (χ0) is 16.3. The fraction of sp³-hybridized carbons (Fsp3) is 0. The molecule has 6 heteroatoms. The van der Waals surface area contributed by atoms with E-state index in [-0.39, 0.29) is 22.5 Å². The minimum atomic E-state index is -0.820. The van der Waals surface area contributed by atoms with Crippen molar-refractivity contribution in [2.45, 2.75) is 0 Å². The Bertz CT molecular complexity index is 767. The number of nitrogens with two attached hydrogens (primary N) is 2. The molecule has 4 nitrogen and oxygen atoms in total. The van der Waals surface area contributed by atoms with Crippen LogP contribution in [0.15, 0.2) is 48.5 Å². The fourth-order valence-electron chi connectivity index (χ4n) is 1.96. The largest absolute Gasteiger partial charge is 0.398 e. The third-order valence-corrected chi connectivity index (χ3v) is 3.02. The molecule has 0 aliphatic rings. The molecule has 0 aliphatic heterocycles. The van der Waals surface area contributed by atoms with Crippen LogP contribution < -0.4 is 11.5 Å². The topological polar surface area (TPSA) is 93.0 Å². The minimum absolute atomic E-state index is 0.0452. The summed E-state index contributed by atoms with van der Waals surface area (Å²) in [5.41, 5.74) is 11.0. The van der Waals surface area contributed by atoms with Gasteiger partial charge in [0.05, 0.1) is 11.3 Å². The molecule has 0 unspecified atom stereocenters. The predicted octanol–water partition coefficient (Wildman–Crippen LogP) is 2.43. The molecule has 0 heterocycles. The minimum Gasteiger partial charge on any atom is -0.398 e. The molecular weight excluding hydrogens is 288 g/mol. The summed E-state index contributed by atoms with van der Waals surface area (Å²) in [5, 5.41) is 7.91. The first-order valence-electron chi connectivity index (χ1n) is 6.30. The average molecular weight is 301 g/mol. The van der Waals surface area contributed by atoms with E-state index in [1.54, 1.807) is 0 Å². The predicted molar refractivity (Wildman–Crippen MR) is 80.3 cm³/mol. The van der Waals surface area contributed by atoms with E-state index >= 15 is 0 Å². The van der Waals surface area contributed by atoms with Crippen LogP contribution in [0.3, 0.4) is 0 Å². The monoisotopic (exact) mass is 301 g/mol. The Morgan fingerprint density at radius 1 is 1.05 bits per heavy atom. The van der Waals surface area contributed by atoms with Gasteiger partial charge in [0.25, 0.3) is 0 Å². The van der Waals surface area contributed by atoms with E-state index < -0.39 is 17.5 Å². The van der Waals surface area contributed by atoms with E-state index in [1.807, 2.05) is 0 Å². The zero-order valence-corrected chi connectivity index (χ0v) is 11.4. The molecular formula is C16H13F2N3O. The molecule has 2 aromatic rings. The molecule has 0 aromatic heterocycles. The number of carbonyl (C=O) groups excluding carboxylic acids is 1. The van der Waals surface area contributed by atoms with Crippen LogP contribution in [0.2, 0.25) is 0 Å². The fourth-order valence-corrected chi connectivity index (χ4v) is 1.96. The number of amides is 1. The van der Waals surface area contributed by atoms with Gasteiger partial charge >= 0.3 is 0 Å². The van der Waals surface area contributed by atoms with Crippen molar-refractivity contribution in [2.75, 3.05) is 0 Å². The summed E-state index contributed by atoms with van der Waals surface area (Å²) in [4.78, 5) is 11.3. The number of carbonyl (C=O) groups is 1. The van der Waals surface area contributed by atoms with Crippen molar-refractivity contribution < 1.29 is 13.6 Å². The number of hydrogen-bond acceptors (Lipinski definition) is 3. The Morgan fingerprint density at radius 2 is 1.68 bits per heavy atom. The molecule has 0 fully saturated rings. The van der Waals surface area contributed by atoms with Crippen molar-refractivity contribution in [3.05, 3.63) is 76.9 Å². The van der Waals surface area contributed by atoms with Crippen molar-refractivity contribution >= 4 is 17.3 Å². The Hall–Kier alpha value is -3.02. The van der Waals surface area contributed by atoms with Gasteiger partial charge in [-0.1, -0.05) is 6.07 Å². The van der Waals surface area contributed by atoms with Gasteiger partial charge in [-0.3, -0.25) is 4.79 Å². The third-order valence-electron chi connectivity index (χ3n) is 3.02. The maximum absolute atomic E-state index is 13.9. The molecule has 0 saturated heterocycles. The zero-order valence-electron chi connectivity index (χ0n) is 11.4. The number of hydrogen-bond donors (Lipinski definition) is 3. The lowest BCUT2D eigenvalue weighted by molar-refractivity contribution is 0.0999. The van der Waals surface area contributed by atoms with Crippen LogP contribution in [0.1, 0.15) is 21.5 Å². The first kappa shape index (κ1) is 15.4. The van der Waals surface area contributed by atoms with Crippen molar-refractivity contribution in [1.82, 2.24) is 0 Å². The smallest absolute Gasteiger partial charge is 0.249 e. The van der Waals surface area contributed by atoms with Gasteiger partial charge in [-0.2, -0.15) is 0 Å². The van der Waals surface area contributed by atoms with Gasteiger partial charge in [0.2, 0.25) is 5.91 Å². The van der Waals surface area contributed by atoms with Gasteiger partial charge in [-0.25, -0.2) is 8.78 Å². The van der Waals surface area contributed by atoms with Crippen molar-refractivity contribution in [2.24, 2.45) is 11.5 Å². The van der Waals surface area contributed by atoms with Crippen LogP contribution in [0, 0.1) is 17.0 Å². The molecule has 0 spiro atoms. The average Bonchev–Trinajstić information content (AvgIpc) is 2.47. The molecule has 0 atom stereocenters. The van der Waals surface area contributed by atoms with E-state index in [0.717, 1.165) is 6.07 Å². The molecule has 2 aromatic carbocycles. The van der Waals surface area contributed by atoms with Crippen LogP contribution >= 0.6 is 0 Å². The van der Waals surface area contributed by atoms with E-state index in [4.69, 9.17) is 16.9 Å². The molecule has 0 saturated carbocycles. The number of halogens is 2. The lowest BCUT2D eigenvalue weighted by Gasteiger charge is -2.09. The Kier molecular flexibility index (Phi) is 4.31. The lowest BCUT2D eigenvalue weighted by Crippen LogP contribution is -2.16. The summed E-state index contributed by atoms with van der Waals surface area (Å²) in [6.07, 6.45) is 1.19. The molecule has 22 heavy (non-hydrogen) atoms. The first-order valence-corrected chi connectivity index (χ1v) is 6.30. The van der Waals surface area contributed by atoms with Gasteiger partial charge in [0.1, 0.15) is 11.6 Å². The molecule has 0 bridgehead atoms. The van der Waals surface area contributed by atoms with Gasteiger partial charge < -0.3 is 16.9 Å². The normalized spacial score (nSPS) is 11.3. The Labute approximate surface area is 125 Å². The van der Waals surface area contributed by atoms with E-state index in [9.17, 15) is 13.6 Å². The van der Waals surface area contributed by atoms with E-state index in [1.165, 1.54) is 42.5 Å². The Balaban J connectivity index is 2.43. The second-order valence-corrected chi connectivity index (χ2v) is 4.55. The van der Waals surface area contributed by atoms with Crippen LogP contribution in [0.5, 0.6) is 0 Å². The number of rotatable bonds is 4. The summed E-state index contributed by atoms with van der Waals surface area (Å²) in [7, 11) is 0. The van der Waals surface area contributed by atoms with Crippen molar-refractivity contribution in [3.8, 4) is 0 Å². The number of nitrogens with one attached hydrogen (secondary N) is 1. The summed E-state index contributed by atoms with van der Waals surface area (Å²) in [6, 6.07) is 9.04. The summed E-state index contributed by atoms with van der Waals surface area (Å²) in [5.74, 6) is -1.96. The summed E-state index contributed by atoms with van der Waals surface area (Å²) in [6.45, 7) is 0. The van der Waals surface area contributed by atoms with Crippen LogP contribution in [0.25, 0.3) is 5.70 Å². The second kappa shape index (κ2) is 6.17. The first-order chi connectivity index (χ1) is 10.4. The number of primary amides is 1. The summed E-state index contributed by atoms with van der Waals surface area (Å²) >= 11 is 0. The number of benzene rings is 2. The van der Waals surface area contributed by atoms with Gasteiger partial charge in [-0.15, -0.1) is 0 Å².